The van der Waals surface area contributed by atoms with Crippen LogP contribution >= 0.6 is 0 Å². The van der Waals surface area contributed by atoms with Gasteiger partial charge >= 0.3 is 29.3 Å². The third-order valence-corrected chi connectivity index (χ3v) is 3.18. The number of rotatable bonds is 11. The van der Waals surface area contributed by atoms with E-state index < -0.39 is 41.5 Å². The number of nitrogens with zero attached hydrogens (tertiary/aromatic N) is 1. The second-order valence-corrected chi connectivity index (χ2v) is 4.99. The minimum atomic E-state index is -1.45. The van der Waals surface area contributed by atoms with E-state index in [1.165, 1.54) is 0 Å². The third kappa shape index (κ3) is 6.73. The molecule has 0 atom stereocenters. The molecule has 0 aliphatic rings. The summed E-state index contributed by atoms with van der Waals surface area (Å²) in [4.78, 5) is 52.3. The predicted octanol–water partition coefficient (Wildman–Crippen LogP) is -1.19. The van der Waals surface area contributed by atoms with Crippen LogP contribution in [-0.4, -0.2) is 57.4 Å². The van der Waals surface area contributed by atoms with Gasteiger partial charge in [0.15, 0.2) is 0 Å². The molecule has 0 radical (unpaired) electrons. The molecule has 26 heavy (non-hydrogen) atoms. The van der Waals surface area contributed by atoms with Crippen molar-refractivity contribution in [3.63, 3.8) is 0 Å². The summed E-state index contributed by atoms with van der Waals surface area (Å²) in [5.74, 6) is -1.37. The van der Waals surface area contributed by atoms with Crippen LogP contribution in [0.3, 0.4) is 0 Å². The van der Waals surface area contributed by atoms with E-state index >= 15 is 0 Å². The lowest BCUT2D eigenvalue weighted by molar-refractivity contribution is -0.141. The summed E-state index contributed by atoms with van der Waals surface area (Å²) in [5, 5.41) is 9.77. The highest BCUT2D eigenvalue weighted by Crippen LogP contribution is 2.22. The molecule has 0 aliphatic heterocycles. The number of esters is 2. The van der Waals surface area contributed by atoms with Crippen molar-refractivity contribution in [3.05, 3.63) is 46.3 Å². The molecule has 0 unspecified atom stereocenters. The zero-order valence-electron chi connectivity index (χ0n) is 13.9. The van der Waals surface area contributed by atoms with Gasteiger partial charge in [-0.3, -0.25) is 9.97 Å². The zero-order valence-corrected chi connectivity index (χ0v) is 13.9. The molecule has 142 valence electrons. The molecule has 0 saturated heterocycles. The Hall–Kier alpha value is -3.21. The lowest BCUT2D eigenvalue weighted by Gasteiger charge is -2.31. The van der Waals surface area contributed by atoms with Gasteiger partial charge in [-0.05, 0) is 0 Å². The fourth-order valence-corrected chi connectivity index (χ4v) is 1.84. The van der Waals surface area contributed by atoms with Crippen molar-refractivity contribution in [2.45, 2.75) is 18.4 Å². The number of aliphatic hydroxyl groups is 1. The van der Waals surface area contributed by atoms with Gasteiger partial charge in [0.25, 0.3) is 0 Å². The number of hydrogen-bond donors (Lipinski definition) is 3. The van der Waals surface area contributed by atoms with E-state index in [2.05, 4.69) is 23.1 Å². The first-order valence-electron chi connectivity index (χ1n) is 7.43. The Kier molecular flexibility index (Phi) is 7.96. The Balaban J connectivity index is 2.95. The second kappa shape index (κ2) is 9.93. The normalized spacial score (nSPS) is 10.7. The topological polar surface area (TPSA) is 161 Å². The number of carbonyl (C=O) groups excluding carboxylic acids is 2. The van der Waals surface area contributed by atoms with Gasteiger partial charge in [-0.1, -0.05) is 13.2 Å². The standard InChI is InChI=1S/C15H19N3O8/c1-3-10(20)24-7-5-15(9-19,6-8-25-11(21)4-2)26-14-17-12(22)16-13(23)18-14/h3-4,19H,1-2,5-9H2,(H2,16,17,18,22,23). The average Bonchev–Trinajstić information content (AvgIpc) is 2.60. The van der Waals surface area contributed by atoms with E-state index in [1.54, 1.807) is 0 Å². The number of aromatic nitrogens is 3. The summed E-state index contributed by atoms with van der Waals surface area (Å²) < 4.78 is 15.2. The maximum Gasteiger partial charge on any atom is 0.353 e. The van der Waals surface area contributed by atoms with Gasteiger partial charge in [-0.2, -0.15) is 0 Å². The number of hydrogen-bond acceptors (Lipinski definition) is 9. The predicted molar refractivity (Wildman–Crippen MR) is 87.5 cm³/mol. The molecular weight excluding hydrogens is 350 g/mol. The van der Waals surface area contributed by atoms with Crippen molar-refractivity contribution < 1.29 is 28.9 Å². The van der Waals surface area contributed by atoms with E-state index in [9.17, 15) is 24.3 Å². The van der Waals surface area contributed by atoms with Crippen LogP contribution in [-0.2, 0) is 19.1 Å². The summed E-state index contributed by atoms with van der Waals surface area (Å²) in [5.41, 5.74) is -3.26. The fourth-order valence-electron chi connectivity index (χ4n) is 1.84. The van der Waals surface area contributed by atoms with Crippen LogP contribution in [0.15, 0.2) is 34.9 Å². The first-order valence-corrected chi connectivity index (χ1v) is 7.43. The van der Waals surface area contributed by atoms with Gasteiger partial charge in [0.1, 0.15) is 5.60 Å². The molecule has 1 rings (SSSR count). The molecule has 1 aromatic heterocycles. The second-order valence-electron chi connectivity index (χ2n) is 4.99. The lowest BCUT2D eigenvalue weighted by atomic mass is 9.97. The number of ether oxygens (including phenoxy) is 3. The van der Waals surface area contributed by atoms with Gasteiger partial charge in [0.05, 0.1) is 19.8 Å². The molecule has 0 saturated carbocycles. The quantitative estimate of drug-likeness (QED) is 0.321. The minimum Gasteiger partial charge on any atom is -0.462 e. The zero-order chi connectivity index (χ0) is 19.6. The summed E-state index contributed by atoms with van der Waals surface area (Å²) in [7, 11) is 0. The first kappa shape index (κ1) is 20.8. The highest BCUT2D eigenvalue weighted by molar-refractivity contribution is 5.81. The van der Waals surface area contributed by atoms with E-state index in [1.807, 2.05) is 4.98 Å². The summed E-state index contributed by atoms with van der Waals surface area (Å²) in [6.45, 7) is 5.55. The molecule has 1 heterocycles. The SMILES string of the molecule is C=CC(=O)OCCC(CO)(CCOC(=O)C=C)Oc1nc(=O)[nH]c(=O)[nH]1. The van der Waals surface area contributed by atoms with Crippen molar-refractivity contribution >= 4 is 11.9 Å². The van der Waals surface area contributed by atoms with Crippen LogP contribution in [0.4, 0.5) is 0 Å². The van der Waals surface area contributed by atoms with Crippen LogP contribution in [0.25, 0.3) is 0 Å². The molecule has 0 bridgehead atoms. The van der Waals surface area contributed by atoms with Gasteiger partial charge < -0.3 is 19.3 Å². The van der Waals surface area contributed by atoms with Crippen molar-refractivity contribution in [2.75, 3.05) is 19.8 Å². The Morgan fingerprint density at radius 1 is 1.08 bits per heavy atom. The Bertz CT molecular complexity index is 712. The Labute approximate surface area is 147 Å². The van der Waals surface area contributed by atoms with E-state index in [0.29, 0.717) is 0 Å². The van der Waals surface area contributed by atoms with Gasteiger partial charge in [-0.15, -0.1) is 4.98 Å². The number of aliphatic hydroxyl groups excluding tert-OH is 1. The molecule has 11 nitrogen and oxygen atoms in total. The van der Waals surface area contributed by atoms with Gasteiger partial charge in [0, 0.05) is 25.0 Å². The average molecular weight is 369 g/mol. The summed E-state index contributed by atoms with van der Waals surface area (Å²) in [6, 6.07) is -0.446. The van der Waals surface area contributed by atoms with Gasteiger partial charge in [-0.25, -0.2) is 19.2 Å². The molecule has 3 N–H and O–H groups in total. The number of nitrogens with one attached hydrogen (secondary N) is 2. The molecule has 1 aromatic rings. The van der Waals surface area contributed by atoms with Crippen molar-refractivity contribution in [1.82, 2.24) is 15.0 Å². The molecule has 11 heteroatoms. The van der Waals surface area contributed by atoms with Crippen molar-refractivity contribution in [3.8, 4) is 6.01 Å². The first-order chi connectivity index (χ1) is 12.3. The molecule has 0 spiro atoms. The molecule has 0 amide bonds. The van der Waals surface area contributed by atoms with Crippen LogP contribution in [0, 0.1) is 0 Å². The van der Waals surface area contributed by atoms with Gasteiger partial charge in [0.2, 0.25) is 0 Å². The van der Waals surface area contributed by atoms with Crippen molar-refractivity contribution in [2.24, 2.45) is 0 Å². The number of H-pyrrole nitrogens is 2. The molecule has 0 fully saturated rings. The highest BCUT2D eigenvalue weighted by atomic mass is 16.6. The lowest BCUT2D eigenvalue weighted by Crippen LogP contribution is -2.44. The van der Waals surface area contributed by atoms with E-state index in [-0.39, 0.29) is 26.1 Å². The van der Waals surface area contributed by atoms with Crippen LogP contribution in [0.2, 0.25) is 0 Å². The van der Waals surface area contributed by atoms with Crippen LogP contribution in [0.5, 0.6) is 6.01 Å². The summed E-state index contributed by atoms with van der Waals surface area (Å²) in [6.07, 6.45) is 1.82. The maximum atomic E-state index is 11.3. The third-order valence-electron chi connectivity index (χ3n) is 3.18. The van der Waals surface area contributed by atoms with Crippen LogP contribution in [0.1, 0.15) is 12.8 Å². The Morgan fingerprint density at radius 2 is 1.62 bits per heavy atom. The number of aromatic amines is 2. The monoisotopic (exact) mass is 369 g/mol. The van der Waals surface area contributed by atoms with E-state index in [4.69, 9.17) is 14.2 Å². The van der Waals surface area contributed by atoms with E-state index in [0.717, 1.165) is 12.2 Å². The maximum absolute atomic E-state index is 11.3. The fraction of sp³-hybridized carbons (Fsp3) is 0.400. The molecular formula is C15H19N3O8. The highest BCUT2D eigenvalue weighted by Gasteiger charge is 2.33. The molecule has 0 aliphatic carbocycles. The number of carbonyl (C=O) groups is 2. The van der Waals surface area contributed by atoms with Crippen molar-refractivity contribution in [1.29, 1.82) is 0 Å². The molecule has 0 aromatic carbocycles. The minimum absolute atomic E-state index is 0.0504. The summed E-state index contributed by atoms with van der Waals surface area (Å²) >= 11 is 0. The largest absolute Gasteiger partial charge is 0.462 e. The van der Waals surface area contributed by atoms with Crippen LogP contribution < -0.4 is 16.1 Å². The smallest absolute Gasteiger partial charge is 0.353 e. The Morgan fingerprint density at radius 3 is 2.04 bits per heavy atom.